The van der Waals surface area contributed by atoms with Crippen LogP contribution in [0.4, 0.5) is 5.13 Å². The number of aryl methyl sites for hydroxylation is 1. The molecule has 0 spiro atoms. The zero-order valence-corrected chi connectivity index (χ0v) is 19.1. The third-order valence-corrected chi connectivity index (χ3v) is 6.46. The molecule has 2 heterocycles. The van der Waals surface area contributed by atoms with Crippen LogP contribution >= 0.6 is 22.9 Å². The first-order valence-electron chi connectivity index (χ1n) is 10.4. The quantitative estimate of drug-likeness (QED) is 0.500. The number of carbonyl (C=O) groups excluding carboxylic acids is 1. The third kappa shape index (κ3) is 5.95. The van der Waals surface area contributed by atoms with Crippen molar-refractivity contribution in [3.8, 4) is 5.75 Å². The molecule has 2 aromatic carbocycles. The average Bonchev–Trinajstić information content (AvgIpc) is 3.18. The molecule has 1 aliphatic heterocycles. The molecule has 3 aromatic rings. The number of rotatable bonds is 8. The molecule has 0 aliphatic carbocycles. The lowest BCUT2D eigenvalue weighted by Gasteiger charge is -2.27. The molecule has 0 saturated carbocycles. The van der Waals surface area contributed by atoms with Crippen LogP contribution in [-0.2, 0) is 9.53 Å². The van der Waals surface area contributed by atoms with Crippen molar-refractivity contribution in [2.45, 2.75) is 13.3 Å². The number of hydrogen-bond acceptors (Lipinski definition) is 6. The monoisotopic (exact) mass is 459 g/mol. The molecule has 1 aliphatic rings. The Morgan fingerprint density at radius 2 is 2.10 bits per heavy atom. The Bertz CT molecular complexity index is 1040. The lowest BCUT2D eigenvalue weighted by atomic mass is 10.2. The summed E-state index contributed by atoms with van der Waals surface area (Å²) in [6, 6.07) is 13.3. The van der Waals surface area contributed by atoms with Crippen LogP contribution in [0.3, 0.4) is 0 Å². The average molecular weight is 460 g/mol. The fraction of sp³-hybridized carbons (Fsp3) is 0.391. The number of aromatic nitrogens is 1. The van der Waals surface area contributed by atoms with Crippen molar-refractivity contribution in [3.05, 3.63) is 53.1 Å². The SMILES string of the molecule is Cc1cccc(OCC(=O)N(CCCN2CCOCC2)c2nc3ccc(Cl)cc3s2)c1. The maximum Gasteiger partial charge on any atom is 0.266 e. The first kappa shape index (κ1) is 22.0. The van der Waals surface area contributed by atoms with E-state index in [-0.39, 0.29) is 12.5 Å². The number of benzene rings is 2. The van der Waals surface area contributed by atoms with E-state index in [1.54, 1.807) is 4.90 Å². The van der Waals surface area contributed by atoms with E-state index in [0.717, 1.165) is 55.0 Å². The van der Waals surface area contributed by atoms with Gasteiger partial charge in [0.2, 0.25) is 0 Å². The summed E-state index contributed by atoms with van der Waals surface area (Å²) >= 11 is 7.61. The van der Waals surface area contributed by atoms with E-state index in [2.05, 4.69) is 9.88 Å². The van der Waals surface area contributed by atoms with Crippen molar-refractivity contribution in [1.82, 2.24) is 9.88 Å². The van der Waals surface area contributed by atoms with Crippen LogP contribution in [0, 0.1) is 6.92 Å². The molecule has 0 unspecified atom stereocenters. The van der Waals surface area contributed by atoms with E-state index < -0.39 is 0 Å². The van der Waals surface area contributed by atoms with E-state index in [4.69, 9.17) is 21.1 Å². The van der Waals surface area contributed by atoms with E-state index in [1.807, 2.05) is 49.4 Å². The molecule has 31 heavy (non-hydrogen) atoms. The number of hydrogen-bond donors (Lipinski definition) is 0. The van der Waals surface area contributed by atoms with Crippen LogP contribution in [0.2, 0.25) is 5.02 Å². The number of nitrogens with zero attached hydrogens (tertiary/aromatic N) is 3. The fourth-order valence-corrected chi connectivity index (χ4v) is 4.82. The highest BCUT2D eigenvalue weighted by molar-refractivity contribution is 7.22. The van der Waals surface area contributed by atoms with Gasteiger partial charge in [0.15, 0.2) is 11.7 Å². The van der Waals surface area contributed by atoms with E-state index in [9.17, 15) is 4.79 Å². The summed E-state index contributed by atoms with van der Waals surface area (Å²) in [5.41, 5.74) is 1.94. The number of halogens is 1. The maximum atomic E-state index is 13.1. The van der Waals surface area contributed by atoms with Crippen LogP contribution in [0.15, 0.2) is 42.5 Å². The predicted octanol–water partition coefficient (Wildman–Crippen LogP) is 4.39. The number of fused-ring (bicyclic) bond motifs is 1. The van der Waals surface area contributed by atoms with Gasteiger partial charge in [-0.05, 0) is 49.2 Å². The molecule has 0 N–H and O–H groups in total. The Labute approximate surface area is 191 Å². The summed E-state index contributed by atoms with van der Waals surface area (Å²) in [7, 11) is 0. The highest BCUT2D eigenvalue weighted by atomic mass is 35.5. The molecule has 0 radical (unpaired) electrons. The first-order valence-corrected chi connectivity index (χ1v) is 11.6. The van der Waals surface area contributed by atoms with Gasteiger partial charge in [0.25, 0.3) is 5.91 Å². The van der Waals surface area contributed by atoms with Gasteiger partial charge in [-0.3, -0.25) is 14.6 Å². The molecule has 8 heteroatoms. The maximum absolute atomic E-state index is 13.1. The minimum absolute atomic E-state index is 0.0301. The van der Waals surface area contributed by atoms with Gasteiger partial charge in [0.05, 0.1) is 23.4 Å². The van der Waals surface area contributed by atoms with Gasteiger partial charge in [0.1, 0.15) is 5.75 Å². The number of thiazole rings is 1. The molecular weight excluding hydrogens is 434 g/mol. The normalized spacial score (nSPS) is 14.6. The summed E-state index contributed by atoms with van der Waals surface area (Å²) < 4.78 is 12.2. The van der Waals surface area contributed by atoms with E-state index in [0.29, 0.717) is 22.4 Å². The summed E-state index contributed by atoms with van der Waals surface area (Å²) in [6.45, 7) is 6.88. The zero-order valence-electron chi connectivity index (χ0n) is 17.6. The van der Waals surface area contributed by atoms with Gasteiger partial charge in [-0.1, -0.05) is 35.1 Å². The topological polar surface area (TPSA) is 54.9 Å². The standard InChI is InChI=1S/C23H26ClN3O3S/c1-17-4-2-5-19(14-17)30-16-22(28)27(9-3-8-26-10-12-29-13-11-26)23-25-20-7-6-18(24)15-21(20)31-23/h2,4-7,14-15H,3,8-13,16H2,1H3. The largest absolute Gasteiger partial charge is 0.484 e. The molecular formula is C23H26ClN3O3S. The molecule has 1 amide bonds. The Balaban J connectivity index is 1.46. The van der Waals surface area contributed by atoms with E-state index in [1.165, 1.54) is 11.3 Å². The molecule has 164 valence electrons. The number of ether oxygens (including phenoxy) is 2. The highest BCUT2D eigenvalue weighted by Gasteiger charge is 2.21. The van der Waals surface area contributed by atoms with Crippen molar-refractivity contribution >= 4 is 44.2 Å². The van der Waals surface area contributed by atoms with E-state index >= 15 is 0 Å². The lowest BCUT2D eigenvalue weighted by molar-refractivity contribution is -0.120. The first-order chi connectivity index (χ1) is 15.1. The van der Waals surface area contributed by atoms with Crippen molar-refractivity contribution in [3.63, 3.8) is 0 Å². The number of amides is 1. The second-order valence-electron chi connectivity index (χ2n) is 7.57. The molecule has 6 nitrogen and oxygen atoms in total. The Morgan fingerprint density at radius 1 is 1.26 bits per heavy atom. The Morgan fingerprint density at radius 3 is 2.90 bits per heavy atom. The number of morpholine rings is 1. The molecule has 1 saturated heterocycles. The molecule has 0 bridgehead atoms. The van der Waals surface area contributed by atoms with Gasteiger partial charge in [-0.25, -0.2) is 4.98 Å². The number of anilines is 1. The summed E-state index contributed by atoms with van der Waals surface area (Å²) in [6.07, 6.45) is 0.854. The van der Waals surface area contributed by atoms with Crippen molar-refractivity contribution in [2.24, 2.45) is 0 Å². The van der Waals surface area contributed by atoms with Crippen molar-refractivity contribution in [2.75, 3.05) is 50.9 Å². The van der Waals surface area contributed by atoms with Gasteiger partial charge in [-0.15, -0.1) is 0 Å². The summed E-state index contributed by atoms with van der Waals surface area (Å²) in [4.78, 5) is 21.9. The van der Waals surface area contributed by atoms with Gasteiger partial charge in [-0.2, -0.15) is 0 Å². The second kappa shape index (κ2) is 10.4. The Hall–Kier alpha value is -2.19. The predicted molar refractivity (Wildman–Crippen MR) is 126 cm³/mol. The number of carbonyl (C=O) groups is 1. The van der Waals surface area contributed by atoms with Crippen molar-refractivity contribution in [1.29, 1.82) is 0 Å². The van der Waals surface area contributed by atoms with Crippen LogP contribution in [0.5, 0.6) is 5.75 Å². The molecule has 1 aromatic heterocycles. The second-order valence-corrected chi connectivity index (χ2v) is 9.01. The van der Waals surface area contributed by atoms with Crippen molar-refractivity contribution < 1.29 is 14.3 Å². The highest BCUT2D eigenvalue weighted by Crippen LogP contribution is 2.31. The Kier molecular flexibility index (Phi) is 7.40. The molecule has 0 atom stereocenters. The molecule has 4 rings (SSSR count). The van der Waals surface area contributed by atoms with Gasteiger partial charge in [0, 0.05) is 31.2 Å². The summed E-state index contributed by atoms with van der Waals surface area (Å²) in [5.74, 6) is 0.589. The molecule has 1 fully saturated rings. The smallest absolute Gasteiger partial charge is 0.266 e. The third-order valence-electron chi connectivity index (χ3n) is 5.18. The lowest BCUT2D eigenvalue weighted by Crippen LogP contribution is -2.40. The minimum atomic E-state index is -0.103. The van der Waals surface area contributed by atoms with Crippen LogP contribution < -0.4 is 9.64 Å². The van der Waals surface area contributed by atoms with Gasteiger partial charge < -0.3 is 9.47 Å². The minimum Gasteiger partial charge on any atom is -0.484 e. The van der Waals surface area contributed by atoms with Crippen LogP contribution in [0.1, 0.15) is 12.0 Å². The van der Waals surface area contributed by atoms with Gasteiger partial charge >= 0.3 is 0 Å². The van der Waals surface area contributed by atoms with Crippen LogP contribution in [-0.4, -0.2) is 61.8 Å². The zero-order chi connectivity index (χ0) is 21.6. The summed E-state index contributed by atoms with van der Waals surface area (Å²) in [5, 5.41) is 1.34. The van der Waals surface area contributed by atoms with Crippen LogP contribution in [0.25, 0.3) is 10.2 Å². The fourth-order valence-electron chi connectivity index (χ4n) is 3.53.